The normalized spacial score (nSPS) is 16.6. The molecule has 0 N–H and O–H groups in total. The van der Waals surface area contributed by atoms with Gasteiger partial charge in [0.15, 0.2) is 0 Å². The van der Waals surface area contributed by atoms with E-state index in [1.165, 1.54) is 5.56 Å². The Morgan fingerprint density at radius 1 is 1.08 bits per heavy atom. The third-order valence-electron chi connectivity index (χ3n) is 4.39. The molecule has 3 rings (SSSR count). The fraction of sp³-hybridized carbons (Fsp3) is 0.316. The number of piperazine rings is 1. The maximum absolute atomic E-state index is 12.6. The topological polar surface area (TPSA) is 40.6 Å². The number of rotatable bonds is 4. The number of benzene rings is 2. The van der Waals surface area contributed by atoms with Crippen molar-refractivity contribution in [3.05, 3.63) is 64.7 Å². The summed E-state index contributed by atoms with van der Waals surface area (Å²) in [4.78, 5) is 17.6. The predicted molar refractivity (Wildman–Crippen MR) is 101 cm³/mol. The van der Waals surface area contributed by atoms with Gasteiger partial charge in [0, 0.05) is 65.3 Å². The number of amides is 1. The summed E-state index contributed by atoms with van der Waals surface area (Å²) in [5.41, 5.74) is 1.84. The van der Waals surface area contributed by atoms with Gasteiger partial charge in [-0.1, -0.05) is 23.7 Å². The van der Waals surface area contributed by atoms with Crippen molar-refractivity contribution in [1.82, 2.24) is 9.80 Å². The van der Waals surface area contributed by atoms with Crippen molar-refractivity contribution in [1.29, 1.82) is 0 Å². The van der Waals surface area contributed by atoms with E-state index in [0.29, 0.717) is 18.7 Å². The van der Waals surface area contributed by atoms with Gasteiger partial charge in [-0.2, -0.15) is 0 Å². The first-order valence-electron chi connectivity index (χ1n) is 8.22. The van der Waals surface area contributed by atoms with E-state index in [1.807, 2.05) is 23.1 Å². The molecular formula is C19H21ClN2O2S. The molecule has 1 heterocycles. The fourth-order valence-corrected chi connectivity index (χ4v) is 3.71. The van der Waals surface area contributed by atoms with Gasteiger partial charge in [0.1, 0.15) is 0 Å². The predicted octanol–water partition coefficient (Wildman–Crippen LogP) is 3.04. The Morgan fingerprint density at radius 3 is 2.36 bits per heavy atom. The molecule has 25 heavy (non-hydrogen) atoms. The largest absolute Gasteiger partial charge is 0.336 e. The smallest absolute Gasteiger partial charge is 0.253 e. The second-order valence-corrected chi connectivity index (χ2v) is 7.99. The van der Waals surface area contributed by atoms with Crippen LogP contribution in [0.15, 0.2) is 53.4 Å². The molecule has 1 amide bonds. The van der Waals surface area contributed by atoms with Gasteiger partial charge < -0.3 is 4.90 Å². The summed E-state index contributed by atoms with van der Waals surface area (Å²) in [5, 5.41) is 0.753. The Morgan fingerprint density at radius 2 is 1.76 bits per heavy atom. The van der Waals surface area contributed by atoms with Gasteiger partial charge in [-0.05, 0) is 42.0 Å². The molecule has 1 aliphatic heterocycles. The summed E-state index contributed by atoms with van der Waals surface area (Å²) in [6.45, 7) is 3.95. The first-order chi connectivity index (χ1) is 12.0. The van der Waals surface area contributed by atoms with Gasteiger partial charge >= 0.3 is 0 Å². The Labute approximate surface area is 155 Å². The Hall–Kier alpha value is -1.69. The zero-order chi connectivity index (χ0) is 17.8. The van der Waals surface area contributed by atoms with E-state index in [-0.39, 0.29) is 5.91 Å². The van der Waals surface area contributed by atoms with Crippen molar-refractivity contribution >= 4 is 28.3 Å². The van der Waals surface area contributed by atoms with E-state index >= 15 is 0 Å². The van der Waals surface area contributed by atoms with Gasteiger partial charge in [-0.15, -0.1) is 0 Å². The third kappa shape index (κ3) is 4.69. The highest BCUT2D eigenvalue weighted by molar-refractivity contribution is 7.84. The lowest BCUT2D eigenvalue weighted by Gasteiger charge is -2.34. The van der Waals surface area contributed by atoms with Gasteiger partial charge in [0.05, 0.1) is 0 Å². The van der Waals surface area contributed by atoms with Crippen molar-refractivity contribution in [2.45, 2.75) is 11.4 Å². The molecule has 0 bridgehead atoms. The lowest BCUT2D eigenvalue weighted by Crippen LogP contribution is -2.48. The molecular weight excluding hydrogens is 356 g/mol. The Bertz CT molecular complexity index is 771. The molecule has 4 nitrogen and oxygen atoms in total. The Kier molecular flexibility index (Phi) is 5.89. The molecule has 0 aliphatic carbocycles. The van der Waals surface area contributed by atoms with Crippen molar-refractivity contribution < 1.29 is 9.00 Å². The number of nitrogens with zero attached hydrogens (tertiary/aromatic N) is 2. The molecule has 1 unspecified atom stereocenters. The fourth-order valence-electron chi connectivity index (χ4n) is 2.97. The van der Waals surface area contributed by atoms with Crippen LogP contribution in [0.4, 0.5) is 0 Å². The SMILES string of the molecule is CS(=O)c1ccc(C(=O)N2CCN(Cc3cccc(Cl)c3)CC2)cc1. The van der Waals surface area contributed by atoms with Gasteiger partial charge in [-0.25, -0.2) is 0 Å². The van der Waals surface area contributed by atoms with Crippen LogP contribution in [0.3, 0.4) is 0 Å². The van der Waals surface area contributed by atoms with Gasteiger partial charge in [0.25, 0.3) is 5.91 Å². The van der Waals surface area contributed by atoms with E-state index in [0.717, 1.165) is 29.6 Å². The first-order valence-corrected chi connectivity index (χ1v) is 10.2. The maximum Gasteiger partial charge on any atom is 0.253 e. The van der Waals surface area contributed by atoms with E-state index in [1.54, 1.807) is 30.5 Å². The van der Waals surface area contributed by atoms with Crippen LogP contribution in [0, 0.1) is 0 Å². The Balaban J connectivity index is 1.56. The van der Waals surface area contributed by atoms with Crippen LogP contribution >= 0.6 is 11.6 Å². The summed E-state index contributed by atoms with van der Waals surface area (Å²) >= 11 is 6.04. The second-order valence-electron chi connectivity index (χ2n) is 6.18. The lowest BCUT2D eigenvalue weighted by atomic mass is 10.1. The second kappa shape index (κ2) is 8.13. The van der Waals surface area contributed by atoms with Crippen molar-refractivity contribution in [2.24, 2.45) is 0 Å². The first kappa shape index (κ1) is 18.1. The van der Waals surface area contributed by atoms with Crippen molar-refractivity contribution in [3.63, 3.8) is 0 Å². The zero-order valence-corrected chi connectivity index (χ0v) is 15.7. The number of halogens is 1. The average molecular weight is 377 g/mol. The van der Waals surface area contributed by atoms with Crippen LogP contribution in [0.25, 0.3) is 0 Å². The quantitative estimate of drug-likeness (QED) is 0.823. The van der Waals surface area contributed by atoms with E-state index < -0.39 is 10.8 Å². The number of carbonyl (C=O) groups is 1. The molecule has 1 atom stereocenters. The van der Waals surface area contributed by atoms with Gasteiger partial charge in [0.2, 0.25) is 0 Å². The van der Waals surface area contributed by atoms with E-state index in [4.69, 9.17) is 11.6 Å². The van der Waals surface area contributed by atoms with Crippen molar-refractivity contribution in [2.75, 3.05) is 32.4 Å². The minimum absolute atomic E-state index is 0.0378. The van der Waals surface area contributed by atoms with Crippen LogP contribution in [-0.4, -0.2) is 52.4 Å². The number of carbonyl (C=O) groups excluding carboxylic acids is 1. The van der Waals surface area contributed by atoms with Gasteiger partial charge in [-0.3, -0.25) is 13.9 Å². The van der Waals surface area contributed by atoms with E-state index in [2.05, 4.69) is 11.0 Å². The molecule has 0 aromatic heterocycles. The molecule has 1 fully saturated rings. The van der Waals surface area contributed by atoms with Crippen LogP contribution in [0.5, 0.6) is 0 Å². The maximum atomic E-state index is 12.6. The van der Waals surface area contributed by atoms with Crippen LogP contribution in [-0.2, 0) is 17.3 Å². The monoisotopic (exact) mass is 376 g/mol. The summed E-state index contributed by atoms with van der Waals surface area (Å²) in [6, 6.07) is 14.9. The highest BCUT2D eigenvalue weighted by Crippen LogP contribution is 2.15. The number of hydrogen-bond acceptors (Lipinski definition) is 3. The molecule has 0 saturated carbocycles. The molecule has 1 aliphatic rings. The molecule has 2 aromatic rings. The summed E-state index contributed by atoms with van der Waals surface area (Å²) in [6.07, 6.45) is 1.63. The molecule has 132 valence electrons. The molecule has 1 saturated heterocycles. The van der Waals surface area contributed by atoms with Crippen LogP contribution < -0.4 is 0 Å². The highest BCUT2D eigenvalue weighted by Gasteiger charge is 2.22. The minimum atomic E-state index is -1.02. The zero-order valence-electron chi connectivity index (χ0n) is 14.2. The summed E-state index contributed by atoms with van der Waals surface area (Å²) in [7, 11) is -1.02. The average Bonchev–Trinajstić information content (AvgIpc) is 2.62. The minimum Gasteiger partial charge on any atom is -0.336 e. The molecule has 6 heteroatoms. The standard InChI is InChI=1S/C19H21ClN2O2S/c1-25(24)18-7-5-16(6-8-18)19(23)22-11-9-21(10-12-22)14-15-3-2-4-17(20)13-15/h2-8,13H,9-12,14H2,1H3. The molecule has 0 radical (unpaired) electrons. The molecule has 2 aromatic carbocycles. The summed E-state index contributed by atoms with van der Waals surface area (Å²) in [5.74, 6) is 0.0378. The highest BCUT2D eigenvalue weighted by atomic mass is 35.5. The van der Waals surface area contributed by atoms with E-state index in [9.17, 15) is 9.00 Å². The van der Waals surface area contributed by atoms with Crippen LogP contribution in [0.2, 0.25) is 5.02 Å². The third-order valence-corrected chi connectivity index (χ3v) is 5.56. The van der Waals surface area contributed by atoms with Crippen molar-refractivity contribution in [3.8, 4) is 0 Å². The lowest BCUT2D eigenvalue weighted by molar-refractivity contribution is 0.0628. The summed E-state index contributed by atoms with van der Waals surface area (Å²) < 4.78 is 11.4. The molecule has 0 spiro atoms. The number of hydrogen-bond donors (Lipinski definition) is 0. The van der Waals surface area contributed by atoms with Crippen LogP contribution in [0.1, 0.15) is 15.9 Å².